The molecule has 0 saturated heterocycles. The Bertz CT molecular complexity index is 711. The molecule has 3 heteroatoms. The van der Waals surface area contributed by atoms with Crippen LogP contribution < -0.4 is 0 Å². The normalized spacial score (nSPS) is 20.9. The monoisotopic (exact) mass is 344 g/mol. The van der Waals surface area contributed by atoms with Crippen molar-refractivity contribution in [1.82, 2.24) is 0 Å². The molecule has 1 saturated carbocycles. The van der Waals surface area contributed by atoms with E-state index in [1.165, 1.54) is 24.5 Å². The number of rotatable bonds is 5. The Morgan fingerprint density at radius 2 is 1.52 bits per heavy atom. The average Bonchev–Trinajstić information content (AvgIpc) is 2.65. The van der Waals surface area contributed by atoms with E-state index in [0.29, 0.717) is 23.7 Å². The standard InChI is InChI=1S/C22H23F3/c23-14-2-1-3-16-4-6-17(7-5-16)18-8-10-19(11-9-18)20-12-13-21(24)22(25)15-20/h2,8-17H,1,3-7H2/b14-2+. The maximum Gasteiger partial charge on any atom is 0.159 e. The zero-order valence-electron chi connectivity index (χ0n) is 14.2. The molecule has 0 unspecified atom stereocenters. The van der Waals surface area contributed by atoms with Crippen molar-refractivity contribution < 1.29 is 13.2 Å². The molecule has 2 aromatic rings. The predicted molar refractivity (Wildman–Crippen MR) is 96.0 cm³/mol. The molecule has 0 nitrogen and oxygen atoms in total. The second kappa shape index (κ2) is 8.37. The van der Waals surface area contributed by atoms with Gasteiger partial charge in [-0.1, -0.05) is 36.4 Å². The van der Waals surface area contributed by atoms with Crippen molar-refractivity contribution in [3.63, 3.8) is 0 Å². The molecular formula is C22H23F3. The molecule has 0 atom stereocenters. The highest BCUT2D eigenvalue weighted by atomic mass is 19.2. The van der Waals surface area contributed by atoms with Crippen LogP contribution in [0.15, 0.2) is 54.9 Å². The molecule has 0 bridgehead atoms. The van der Waals surface area contributed by atoms with E-state index in [2.05, 4.69) is 12.1 Å². The fraction of sp³-hybridized carbons (Fsp3) is 0.364. The van der Waals surface area contributed by atoms with E-state index in [4.69, 9.17) is 0 Å². The van der Waals surface area contributed by atoms with Gasteiger partial charge in [-0.25, -0.2) is 13.2 Å². The third kappa shape index (κ3) is 4.53. The quantitative estimate of drug-likeness (QED) is 0.539. The Kier molecular flexibility index (Phi) is 5.95. The van der Waals surface area contributed by atoms with Crippen LogP contribution in [0.5, 0.6) is 0 Å². The van der Waals surface area contributed by atoms with Crippen LogP contribution in [0.25, 0.3) is 11.1 Å². The van der Waals surface area contributed by atoms with Crippen molar-refractivity contribution in [2.45, 2.75) is 44.4 Å². The van der Waals surface area contributed by atoms with Crippen LogP contribution in [0.1, 0.15) is 50.0 Å². The SMILES string of the molecule is F/C=C/CCC1CCC(c2ccc(-c3ccc(F)c(F)c3)cc2)CC1. The third-order valence-corrected chi connectivity index (χ3v) is 5.31. The van der Waals surface area contributed by atoms with Crippen molar-refractivity contribution in [1.29, 1.82) is 0 Å². The molecule has 0 aliphatic heterocycles. The molecular weight excluding hydrogens is 321 g/mol. The molecule has 132 valence electrons. The molecule has 1 fully saturated rings. The maximum atomic E-state index is 13.4. The second-order valence-corrected chi connectivity index (χ2v) is 6.91. The molecule has 0 aromatic heterocycles. The summed E-state index contributed by atoms with van der Waals surface area (Å²) in [5, 5.41) is 0. The number of benzene rings is 2. The lowest BCUT2D eigenvalue weighted by Crippen LogP contribution is -2.13. The second-order valence-electron chi connectivity index (χ2n) is 6.91. The van der Waals surface area contributed by atoms with Gasteiger partial charge in [0.25, 0.3) is 0 Å². The smallest absolute Gasteiger partial charge is 0.159 e. The molecule has 1 aliphatic rings. The van der Waals surface area contributed by atoms with Crippen LogP contribution in [-0.2, 0) is 0 Å². The highest BCUT2D eigenvalue weighted by Gasteiger charge is 2.21. The number of halogens is 3. The van der Waals surface area contributed by atoms with Crippen LogP contribution >= 0.6 is 0 Å². The molecule has 0 amide bonds. The van der Waals surface area contributed by atoms with Crippen LogP contribution in [0.2, 0.25) is 0 Å². The minimum absolute atomic E-state index is 0.562. The minimum atomic E-state index is -0.820. The predicted octanol–water partition coefficient (Wildman–Crippen LogP) is 7.17. The average molecular weight is 344 g/mol. The lowest BCUT2D eigenvalue weighted by Gasteiger charge is -2.28. The van der Waals surface area contributed by atoms with E-state index >= 15 is 0 Å². The van der Waals surface area contributed by atoms with Crippen molar-refractivity contribution in [3.8, 4) is 11.1 Å². The molecule has 0 N–H and O–H groups in total. The van der Waals surface area contributed by atoms with Gasteiger partial charge >= 0.3 is 0 Å². The highest BCUT2D eigenvalue weighted by molar-refractivity contribution is 5.63. The Morgan fingerprint density at radius 3 is 2.16 bits per heavy atom. The molecule has 25 heavy (non-hydrogen) atoms. The summed E-state index contributed by atoms with van der Waals surface area (Å²) < 4.78 is 38.4. The van der Waals surface area contributed by atoms with Gasteiger partial charge in [-0.05, 0) is 79.2 Å². The van der Waals surface area contributed by atoms with Crippen molar-refractivity contribution >= 4 is 0 Å². The Hall–Kier alpha value is -2.03. The fourth-order valence-corrected chi connectivity index (χ4v) is 3.80. The maximum absolute atomic E-state index is 13.4. The van der Waals surface area contributed by atoms with Crippen molar-refractivity contribution in [2.24, 2.45) is 5.92 Å². The van der Waals surface area contributed by atoms with Gasteiger partial charge in [0.05, 0.1) is 6.33 Å². The van der Waals surface area contributed by atoms with Crippen LogP contribution in [-0.4, -0.2) is 0 Å². The Labute approximate surface area is 147 Å². The van der Waals surface area contributed by atoms with E-state index in [1.54, 1.807) is 12.1 Å². The van der Waals surface area contributed by atoms with Gasteiger partial charge in [-0.2, -0.15) is 0 Å². The summed E-state index contributed by atoms with van der Waals surface area (Å²) in [6.45, 7) is 0. The molecule has 0 spiro atoms. The summed E-state index contributed by atoms with van der Waals surface area (Å²) in [5.74, 6) is -0.373. The summed E-state index contributed by atoms with van der Waals surface area (Å²) in [6.07, 6.45) is 8.84. The van der Waals surface area contributed by atoms with E-state index in [-0.39, 0.29) is 0 Å². The molecule has 2 aromatic carbocycles. The Balaban J connectivity index is 1.60. The van der Waals surface area contributed by atoms with Crippen molar-refractivity contribution in [3.05, 3.63) is 72.1 Å². The first-order chi connectivity index (χ1) is 12.2. The van der Waals surface area contributed by atoms with E-state index < -0.39 is 11.6 Å². The van der Waals surface area contributed by atoms with Crippen LogP contribution in [0, 0.1) is 17.6 Å². The van der Waals surface area contributed by atoms with E-state index in [1.807, 2.05) is 12.1 Å². The van der Waals surface area contributed by atoms with Gasteiger partial charge in [-0.3, -0.25) is 0 Å². The first kappa shape index (κ1) is 17.8. The number of hydrogen-bond donors (Lipinski definition) is 0. The van der Waals surface area contributed by atoms with Crippen molar-refractivity contribution in [2.75, 3.05) is 0 Å². The molecule has 3 rings (SSSR count). The summed E-state index contributed by atoms with van der Waals surface area (Å²) in [7, 11) is 0. The van der Waals surface area contributed by atoms with Gasteiger partial charge in [0.15, 0.2) is 11.6 Å². The van der Waals surface area contributed by atoms with Gasteiger partial charge in [0.2, 0.25) is 0 Å². The molecule has 1 aliphatic carbocycles. The summed E-state index contributed by atoms with van der Waals surface area (Å²) in [5.41, 5.74) is 2.90. The third-order valence-electron chi connectivity index (χ3n) is 5.31. The molecule has 0 radical (unpaired) electrons. The first-order valence-electron chi connectivity index (χ1n) is 8.98. The zero-order chi connectivity index (χ0) is 17.6. The van der Waals surface area contributed by atoms with E-state index in [9.17, 15) is 13.2 Å². The zero-order valence-corrected chi connectivity index (χ0v) is 14.2. The van der Waals surface area contributed by atoms with Gasteiger partial charge in [-0.15, -0.1) is 0 Å². The number of hydrogen-bond acceptors (Lipinski definition) is 0. The summed E-state index contributed by atoms with van der Waals surface area (Å²) >= 11 is 0. The minimum Gasteiger partial charge on any atom is -0.216 e. The lowest BCUT2D eigenvalue weighted by atomic mass is 9.77. The van der Waals surface area contributed by atoms with Crippen LogP contribution in [0.3, 0.4) is 0 Å². The molecule has 0 heterocycles. The largest absolute Gasteiger partial charge is 0.216 e. The topological polar surface area (TPSA) is 0 Å². The van der Waals surface area contributed by atoms with E-state index in [0.717, 1.165) is 37.3 Å². The van der Waals surface area contributed by atoms with Gasteiger partial charge in [0.1, 0.15) is 0 Å². The summed E-state index contributed by atoms with van der Waals surface area (Å²) in [6, 6.07) is 12.2. The van der Waals surface area contributed by atoms with Crippen LogP contribution in [0.4, 0.5) is 13.2 Å². The number of allylic oxidation sites excluding steroid dienone is 1. The first-order valence-corrected chi connectivity index (χ1v) is 8.98. The highest BCUT2D eigenvalue weighted by Crippen LogP contribution is 2.38. The lowest BCUT2D eigenvalue weighted by molar-refractivity contribution is 0.311. The fourth-order valence-electron chi connectivity index (χ4n) is 3.80. The Morgan fingerprint density at radius 1 is 0.840 bits per heavy atom. The van der Waals surface area contributed by atoms with Gasteiger partial charge < -0.3 is 0 Å². The summed E-state index contributed by atoms with van der Waals surface area (Å²) in [4.78, 5) is 0. The van der Waals surface area contributed by atoms with Gasteiger partial charge in [0, 0.05) is 0 Å².